The Bertz CT molecular complexity index is 1090. The number of imidazole rings is 1. The van der Waals surface area contributed by atoms with Crippen molar-refractivity contribution >= 4 is 50.7 Å². The lowest BCUT2D eigenvalue weighted by molar-refractivity contribution is -0.150. The molecule has 0 unspecified atom stereocenters. The van der Waals surface area contributed by atoms with Gasteiger partial charge in [0.2, 0.25) is 5.28 Å². The average molecular weight is 493 g/mol. The summed E-state index contributed by atoms with van der Waals surface area (Å²) in [5, 5.41) is -1.16. The molecule has 1 N–H and O–H groups in total. The van der Waals surface area contributed by atoms with E-state index in [0.29, 0.717) is 0 Å². The van der Waals surface area contributed by atoms with E-state index >= 15 is 0 Å². The third-order valence-electron chi connectivity index (χ3n) is 4.19. The van der Waals surface area contributed by atoms with E-state index in [9.17, 15) is 26.4 Å². The largest absolute Gasteiger partial charge is 0.497 e. The van der Waals surface area contributed by atoms with E-state index in [2.05, 4.69) is 4.98 Å². The van der Waals surface area contributed by atoms with Crippen LogP contribution in [0.2, 0.25) is 15.5 Å². The summed E-state index contributed by atoms with van der Waals surface area (Å²) >= 11 is 17.7. The number of sulfonamides is 1. The molecule has 158 valence electrons. The quantitative estimate of drug-likeness (QED) is 0.679. The number of hydrogen-bond donors (Lipinski definition) is 1. The van der Waals surface area contributed by atoms with Gasteiger partial charge in [0.1, 0.15) is 15.8 Å². The van der Waals surface area contributed by atoms with E-state index in [0.717, 1.165) is 10.6 Å². The van der Waals surface area contributed by atoms with E-state index < -0.39 is 55.1 Å². The Kier molecular flexibility index (Phi) is 5.71. The fourth-order valence-corrected chi connectivity index (χ4v) is 4.82. The first kappa shape index (κ1) is 22.0. The van der Waals surface area contributed by atoms with Crippen LogP contribution >= 0.6 is 34.8 Å². The van der Waals surface area contributed by atoms with Gasteiger partial charge in [-0.2, -0.15) is 13.2 Å². The van der Waals surface area contributed by atoms with Crippen LogP contribution in [0.25, 0.3) is 0 Å². The number of alkyl halides is 3. The molecular weight excluding hydrogens is 482 g/mol. The maximum absolute atomic E-state index is 12.8. The second-order valence-corrected chi connectivity index (χ2v) is 8.83. The van der Waals surface area contributed by atoms with Crippen molar-refractivity contribution in [1.82, 2.24) is 14.3 Å². The SMILES string of the molecule is COc1ccc(Cl)c(S(=O)(=O)NC(=O)c2nc(Cl)n([C@@H]3C[C@H]3C(F)(F)F)c2Cl)c1. The minimum absolute atomic E-state index is 0.166. The van der Waals surface area contributed by atoms with Gasteiger partial charge >= 0.3 is 6.18 Å². The molecule has 29 heavy (non-hydrogen) atoms. The minimum Gasteiger partial charge on any atom is -0.497 e. The fourth-order valence-electron chi connectivity index (χ4n) is 2.67. The van der Waals surface area contributed by atoms with Crippen LogP contribution in [0.3, 0.4) is 0 Å². The van der Waals surface area contributed by atoms with Crippen LogP contribution < -0.4 is 9.46 Å². The van der Waals surface area contributed by atoms with E-state index in [1.807, 2.05) is 0 Å². The molecule has 0 aliphatic heterocycles. The summed E-state index contributed by atoms with van der Waals surface area (Å²) in [5.74, 6) is -2.79. The first-order valence-corrected chi connectivity index (χ1v) is 10.4. The number of rotatable bonds is 5. The van der Waals surface area contributed by atoms with Crippen LogP contribution in [0.5, 0.6) is 5.75 Å². The molecule has 0 radical (unpaired) electrons. The molecule has 1 heterocycles. The molecule has 3 rings (SSSR count). The number of carbonyl (C=O) groups is 1. The Morgan fingerprint density at radius 2 is 1.97 bits per heavy atom. The van der Waals surface area contributed by atoms with Gasteiger partial charge in [-0.3, -0.25) is 4.79 Å². The molecule has 2 atom stereocenters. The summed E-state index contributed by atoms with van der Waals surface area (Å²) in [5.41, 5.74) is -0.632. The third-order valence-corrected chi connectivity index (χ3v) is 6.63. The fraction of sp³-hybridized carbons (Fsp3) is 0.333. The summed E-state index contributed by atoms with van der Waals surface area (Å²) in [6.07, 6.45) is -4.74. The highest BCUT2D eigenvalue weighted by atomic mass is 35.5. The van der Waals surface area contributed by atoms with Crippen LogP contribution in [-0.2, 0) is 10.0 Å². The maximum atomic E-state index is 12.8. The molecule has 1 amide bonds. The molecule has 1 aromatic heterocycles. The van der Waals surface area contributed by atoms with Crippen LogP contribution in [0, 0.1) is 5.92 Å². The molecule has 7 nitrogen and oxygen atoms in total. The molecular formula is C15H11Cl3F3N3O4S. The molecule has 1 saturated carbocycles. The van der Waals surface area contributed by atoms with E-state index in [4.69, 9.17) is 39.5 Å². The number of carbonyl (C=O) groups excluding carboxylic acids is 1. The monoisotopic (exact) mass is 491 g/mol. The molecule has 2 aromatic rings. The smallest absolute Gasteiger partial charge is 0.393 e. The number of hydrogen-bond acceptors (Lipinski definition) is 5. The summed E-state index contributed by atoms with van der Waals surface area (Å²) in [7, 11) is -3.17. The second kappa shape index (κ2) is 7.53. The molecule has 0 bridgehead atoms. The van der Waals surface area contributed by atoms with Gasteiger partial charge in [0.05, 0.1) is 18.1 Å². The van der Waals surface area contributed by atoms with Gasteiger partial charge in [0.25, 0.3) is 15.9 Å². The van der Waals surface area contributed by atoms with Gasteiger partial charge in [0.15, 0.2) is 5.69 Å². The maximum Gasteiger partial charge on any atom is 0.393 e. The second-order valence-electron chi connectivity index (χ2n) is 6.07. The van der Waals surface area contributed by atoms with E-state index in [-0.39, 0.29) is 17.2 Å². The molecule has 0 saturated heterocycles. The van der Waals surface area contributed by atoms with Crippen LogP contribution in [0.15, 0.2) is 23.1 Å². The Labute approximate surface area is 177 Å². The lowest BCUT2D eigenvalue weighted by atomic mass is 10.3. The normalized spacial score (nSPS) is 19.1. The molecule has 0 spiro atoms. The van der Waals surface area contributed by atoms with Crippen molar-refractivity contribution in [3.05, 3.63) is 39.4 Å². The van der Waals surface area contributed by atoms with Crippen molar-refractivity contribution in [3.8, 4) is 5.75 Å². The summed E-state index contributed by atoms with van der Waals surface area (Å²) in [4.78, 5) is 15.6. The van der Waals surface area contributed by atoms with Gasteiger partial charge in [-0.15, -0.1) is 0 Å². The number of methoxy groups -OCH3 is 1. The highest BCUT2D eigenvalue weighted by Gasteiger charge is 2.58. The summed E-state index contributed by atoms with van der Waals surface area (Å²) in [6.45, 7) is 0. The number of amides is 1. The molecule has 1 aliphatic rings. The van der Waals surface area contributed by atoms with Crippen molar-refractivity contribution in [2.45, 2.75) is 23.5 Å². The van der Waals surface area contributed by atoms with Gasteiger partial charge in [0, 0.05) is 12.1 Å². The Morgan fingerprint density at radius 3 is 2.52 bits per heavy atom. The highest BCUT2D eigenvalue weighted by molar-refractivity contribution is 7.90. The van der Waals surface area contributed by atoms with Crippen molar-refractivity contribution in [2.24, 2.45) is 5.92 Å². The zero-order valence-corrected chi connectivity index (χ0v) is 17.4. The number of nitrogens with one attached hydrogen (secondary N) is 1. The van der Waals surface area contributed by atoms with E-state index in [1.165, 1.54) is 19.2 Å². The zero-order chi connectivity index (χ0) is 21.7. The van der Waals surface area contributed by atoms with Crippen molar-refractivity contribution in [3.63, 3.8) is 0 Å². The molecule has 1 aliphatic carbocycles. The average Bonchev–Trinajstić information content (AvgIpc) is 3.34. The lowest BCUT2D eigenvalue weighted by Crippen LogP contribution is -2.31. The van der Waals surface area contributed by atoms with Crippen molar-refractivity contribution < 1.29 is 31.1 Å². The first-order valence-electron chi connectivity index (χ1n) is 7.77. The Hall–Kier alpha value is -1.69. The Morgan fingerprint density at radius 1 is 1.31 bits per heavy atom. The molecule has 14 heteroatoms. The molecule has 1 fully saturated rings. The lowest BCUT2D eigenvalue weighted by Gasteiger charge is -2.10. The number of halogens is 6. The number of ether oxygens (including phenoxy) is 1. The Balaban J connectivity index is 1.88. The van der Waals surface area contributed by atoms with Gasteiger partial charge < -0.3 is 9.30 Å². The summed E-state index contributed by atoms with van der Waals surface area (Å²) in [6, 6.07) is 2.63. The van der Waals surface area contributed by atoms with Gasteiger partial charge in [-0.05, 0) is 30.2 Å². The number of nitrogens with zero attached hydrogens (tertiary/aromatic N) is 2. The van der Waals surface area contributed by atoms with Crippen LogP contribution in [-0.4, -0.2) is 37.2 Å². The van der Waals surface area contributed by atoms with Crippen LogP contribution in [0.4, 0.5) is 13.2 Å². The minimum atomic E-state index is -4.47. The van der Waals surface area contributed by atoms with Crippen molar-refractivity contribution in [1.29, 1.82) is 0 Å². The summed E-state index contributed by atoms with van der Waals surface area (Å²) < 4.78 is 70.9. The zero-order valence-electron chi connectivity index (χ0n) is 14.3. The predicted molar refractivity (Wildman–Crippen MR) is 98.1 cm³/mol. The van der Waals surface area contributed by atoms with Crippen molar-refractivity contribution in [2.75, 3.05) is 7.11 Å². The predicted octanol–water partition coefficient (Wildman–Crippen LogP) is 4.09. The standard InChI is InChI=1S/C15H11Cl3F3N3O4S/c1-28-6-2-3-8(16)10(4-6)29(26,27)23-13(25)11-12(17)24(14(18)22-11)9-5-7(9)15(19,20)21/h2-4,7,9H,5H2,1H3,(H,23,25)/t7-,9-/m1/s1. The third kappa shape index (κ3) is 4.27. The number of aromatic nitrogens is 2. The van der Waals surface area contributed by atoms with E-state index in [1.54, 1.807) is 4.72 Å². The highest BCUT2D eigenvalue weighted by Crippen LogP contribution is 2.55. The molecule has 1 aromatic carbocycles. The first-order chi connectivity index (χ1) is 13.4. The van der Waals surface area contributed by atoms with Crippen LogP contribution in [0.1, 0.15) is 23.0 Å². The van der Waals surface area contributed by atoms with Gasteiger partial charge in [-0.25, -0.2) is 18.1 Å². The topological polar surface area (TPSA) is 90.3 Å². The van der Waals surface area contributed by atoms with Gasteiger partial charge in [-0.1, -0.05) is 23.2 Å². The number of benzene rings is 1.